The highest BCUT2D eigenvalue weighted by atomic mass is 16.2. The maximum absolute atomic E-state index is 12.0. The summed E-state index contributed by atoms with van der Waals surface area (Å²) in [6, 6.07) is 14.0. The molecule has 0 heterocycles. The van der Waals surface area contributed by atoms with Crippen molar-refractivity contribution in [2.24, 2.45) is 5.10 Å². The van der Waals surface area contributed by atoms with E-state index in [1.807, 2.05) is 51.1 Å². The Morgan fingerprint density at radius 3 is 2.26 bits per heavy atom. The van der Waals surface area contributed by atoms with E-state index in [4.69, 9.17) is 0 Å². The predicted octanol–water partition coefficient (Wildman–Crippen LogP) is 3.56. The van der Waals surface area contributed by atoms with Gasteiger partial charge in [-0.2, -0.15) is 5.10 Å². The average Bonchev–Trinajstić information content (AvgIpc) is 2.52. The second-order valence-corrected chi connectivity index (χ2v) is 5.73. The molecule has 0 saturated heterocycles. The number of anilines is 1. The Hall–Kier alpha value is -2.62. The van der Waals surface area contributed by atoms with Gasteiger partial charge in [0.2, 0.25) is 0 Å². The van der Waals surface area contributed by atoms with Crippen molar-refractivity contribution >= 4 is 17.3 Å². The summed E-state index contributed by atoms with van der Waals surface area (Å²) < 4.78 is 0. The summed E-state index contributed by atoms with van der Waals surface area (Å²) in [5.41, 5.74) is 8.86. The lowest BCUT2D eigenvalue weighted by Crippen LogP contribution is -2.27. The molecule has 0 aliphatic heterocycles. The van der Waals surface area contributed by atoms with Crippen LogP contribution in [0.2, 0.25) is 0 Å². The van der Waals surface area contributed by atoms with Crippen LogP contribution in [0.25, 0.3) is 0 Å². The molecule has 2 rings (SSSR count). The van der Waals surface area contributed by atoms with Gasteiger partial charge in [0, 0.05) is 5.69 Å². The summed E-state index contributed by atoms with van der Waals surface area (Å²) >= 11 is 0. The third-order valence-corrected chi connectivity index (χ3v) is 3.64. The highest BCUT2D eigenvalue weighted by Crippen LogP contribution is 2.21. The first kappa shape index (κ1) is 16.7. The molecule has 23 heavy (non-hydrogen) atoms. The zero-order valence-electron chi connectivity index (χ0n) is 14.1. The number of hydrazone groups is 1. The Bertz CT molecular complexity index is 698. The van der Waals surface area contributed by atoms with E-state index in [0.29, 0.717) is 0 Å². The van der Waals surface area contributed by atoms with Gasteiger partial charge < -0.3 is 5.32 Å². The summed E-state index contributed by atoms with van der Waals surface area (Å²) in [6.07, 6.45) is 0. The van der Waals surface area contributed by atoms with Crippen LogP contribution in [-0.2, 0) is 4.79 Å². The van der Waals surface area contributed by atoms with E-state index in [1.54, 1.807) is 0 Å². The lowest BCUT2D eigenvalue weighted by Gasteiger charge is -2.13. The molecule has 0 fully saturated rings. The van der Waals surface area contributed by atoms with Crippen LogP contribution in [0.4, 0.5) is 5.69 Å². The molecule has 0 spiro atoms. The first-order valence-electron chi connectivity index (χ1n) is 7.67. The molecule has 0 aliphatic carbocycles. The average molecular weight is 309 g/mol. The van der Waals surface area contributed by atoms with Crippen LogP contribution in [0.3, 0.4) is 0 Å². The van der Waals surface area contributed by atoms with Crippen molar-refractivity contribution in [2.45, 2.75) is 27.7 Å². The van der Waals surface area contributed by atoms with Crippen molar-refractivity contribution in [3.8, 4) is 0 Å². The Balaban J connectivity index is 1.94. The molecule has 0 unspecified atom stereocenters. The van der Waals surface area contributed by atoms with Gasteiger partial charge in [-0.25, -0.2) is 5.43 Å². The summed E-state index contributed by atoms with van der Waals surface area (Å²) in [5.74, 6) is -0.167. The van der Waals surface area contributed by atoms with Gasteiger partial charge in [-0.3, -0.25) is 4.79 Å². The molecule has 2 aromatic carbocycles. The second-order valence-electron chi connectivity index (χ2n) is 5.73. The van der Waals surface area contributed by atoms with E-state index in [-0.39, 0.29) is 12.5 Å². The number of hydrogen-bond donors (Lipinski definition) is 2. The summed E-state index contributed by atoms with van der Waals surface area (Å²) in [7, 11) is 0. The predicted molar refractivity (Wildman–Crippen MR) is 95.9 cm³/mol. The van der Waals surface area contributed by atoms with E-state index >= 15 is 0 Å². The fourth-order valence-electron chi connectivity index (χ4n) is 2.56. The number of nitrogens with zero attached hydrogens (tertiary/aromatic N) is 1. The van der Waals surface area contributed by atoms with Crippen molar-refractivity contribution in [1.82, 2.24) is 5.43 Å². The van der Waals surface area contributed by atoms with Crippen molar-refractivity contribution in [1.29, 1.82) is 0 Å². The molecule has 2 N–H and O–H groups in total. The first-order valence-corrected chi connectivity index (χ1v) is 7.67. The normalized spacial score (nSPS) is 11.2. The van der Waals surface area contributed by atoms with Gasteiger partial charge in [0.25, 0.3) is 5.91 Å². The Labute approximate surface area is 137 Å². The number of hydrogen-bond acceptors (Lipinski definition) is 3. The van der Waals surface area contributed by atoms with E-state index in [2.05, 4.69) is 34.9 Å². The molecular weight excluding hydrogens is 286 g/mol. The SMILES string of the molecule is C/C(=N/NC(=O)CNc1c(C)cc(C)cc1C)c1ccccc1. The van der Waals surface area contributed by atoms with E-state index in [0.717, 1.165) is 28.1 Å². The molecule has 0 saturated carbocycles. The second kappa shape index (κ2) is 7.58. The van der Waals surface area contributed by atoms with Gasteiger partial charge in [0.15, 0.2) is 0 Å². The minimum atomic E-state index is -0.167. The van der Waals surface area contributed by atoms with Crippen LogP contribution < -0.4 is 10.7 Å². The van der Waals surface area contributed by atoms with Crippen molar-refractivity contribution < 1.29 is 4.79 Å². The van der Waals surface area contributed by atoms with Gasteiger partial charge in [-0.1, -0.05) is 48.0 Å². The summed E-state index contributed by atoms with van der Waals surface area (Å²) in [4.78, 5) is 12.0. The van der Waals surface area contributed by atoms with Crippen LogP contribution in [0.5, 0.6) is 0 Å². The highest BCUT2D eigenvalue weighted by molar-refractivity contribution is 5.99. The fourth-order valence-corrected chi connectivity index (χ4v) is 2.56. The molecule has 2 aromatic rings. The molecule has 0 atom stereocenters. The first-order chi connectivity index (χ1) is 11.0. The fraction of sp³-hybridized carbons (Fsp3) is 0.263. The lowest BCUT2D eigenvalue weighted by molar-refractivity contribution is -0.119. The van der Waals surface area contributed by atoms with E-state index in [1.165, 1.54) is 5.56 Å². The number of rotatable bonds is 5. The number of nitrogens with one attached hydrogen (secondary N) is 2. The number of carbonyl (C=O) groups is 1. The molecule has 0 radical (unpaired) electrons. The van der Waals surface area contributed by atoms with Gasteiger partial charge in [-0.05, 0) is 44.4 Å². The molecule has 4 heteroatoms. The quantitative estimate of drug-likeness (QED) is 0.655. The van der Waals surface area contributed by atoms with Crippen molar-refractivity contribution in [3.63, 3.8) is 0 Å². The van der Waals surface area contributed by atoms with Crippen LogP contribution in [0.1, 0.15) is 29.2 Å². The smallest absolute Gasteiger partial charge is 0.259 e. The van der Waals surface area contributed by atoms with Crippen LogP contribution in [0.15, 0.2) is 47.6 Å². The third-order valence-electron chi connectivity index (χ3n) is 3.64. The Morgan fingerprint density at radius 1 is 1.04 bits per heavy atom. The van der Waals surface area contributed by atoms with Crippen LogP contribution in [-0.4, -0.2) is 18.2 Å². The molecule has 1 amide bonds. The largest absolute Gasteiger partial charge is 0.376 e. The Morgan fingerprint density at radius 2 is 1.65 bits per heavy atom. The van der Waals surface area contributed by atoms with Crippen molar-refractivity contribution in [3.05, 3.63) is 64.7 Å². The molecule has 0 aliphatic rings. The van der Waals surface area contributed by atoms with Crippen molar-refractivity contribution in [2.75, 3.05) is 11.9 Å². The lowest BCUT2D eigenvalue weighted by atomic mass is 10.1. The third kappa shape index (κ3) is 4.68. The molecular formula is C19H23N3O. The summed E-state index contributed by atoms with van der Waals surface area (Å²) in [6.45, 7) is 8.21. The van der Waals surface area contributed by atoms with Gasteiger partial charge in [0.05, 0.1) is 12.3 Å². The Kier molecular flexibility index (Phi) is 5.52. The zero-order chi connectivity index (χ0) is 16.8. The number of benzene rings is 2. The highest BCUT2D eigenvalue weighted by Gasteiger charge is 2.06. The van der Waals surface area contributed by atoms with E-state index in [9.17, 15) is 4.79 Å². The van der Waals surface area contributed by atoms with Gasteiger partial charge in [0.1, 0.15) is 0 Å². The number of carbonyl (C=O) groups excluding carboxylic acids is 1. The van der Waals surface area contributed by atoms with E-state index < -0.39 is 0 Å². The summed E-state index contributed by atoms with van der Waals surface area (Å²) in [5, 5.41) is 7.33. The minimum absolute atomic E-state index is 0.167. The number of aryl methyl sites for hydroxylation is 3. The maximum Gasteiger partial charge on any atom is 0.259 e. The monoisotopic (exact) mass is 309 g/mol. The van der Waals surface area contributed by atoms with Crippen LogP contribution >= 0.6 is 0 Å². The maximum atomic E-state index is 12.0. The zero-order valence-corrected chi connectivity index (χ0v) is 14.1. The molecule has 120 valence electrons. The number of amides is 1. The molecule has 0 aromatic heterocycles. The van der Waals surface area contributed by atoms with Gasteiger partial charge >= 0.3 is 0 Å². The molecule has 0 bridgehead atoms. The standard InChI is InChI=1S/C19H23N3O/c1-13-10-14(2)19(15(3)11-13)20-12-18(23)22-21-16(4)17-8-6-5-7-9-17/h5-11,20H,12H2,1-4H3,(H,22,23)/b21-16-. The molecule has 4 nitrogen and oxygen atoms in total. The minimum Gasteiger partial charge on any atom is -0.376 e. The topological polar surface area (TPSA) is 53.5 Å². The van der Waals surface area contributed by atoms with Crippen LogP contribution in [0, 0.1) is 20.8 Å². The van der Waals surface area contributed by atoms with Gasteiger partial charge in [-0.15, -0.1) is 0 Å².